The second-order valence-corrected chi connectivity index (χ2v) is 11.5. The molecule has 1 saturated heterocycles. The van der Waals surface area contributed by atoms with E-state index in [4.69, 9.17) is 15.3 Å². The first-order valence-electron chi connectivity index (χ1n) is 15.2. The Labute approximate surface area is 256 Å². The molecule has 2 fully saturated rings. The maximum absolute atomic E-state index is 14.5. The van der Waals surface area contributed by atoms with Crippen LogP contribution in [0.25, 0.3) is 0 Å². The van der Waals surface area contributed by atoms with Gasteiger partial charge in [0, 0.05) is 31.0 Å². The zero-order valence-corrected chi connectivity index (χ0v) is 24.5. The molecule has 3 aromatic rings. The zero-order chi connectivity index (χ0) is 30.6. The Balaban J connectivity index is 1.41. The van der Waals surface area contributed by atoms with Crippen LogP contribution in [-0.2, 0) is 25.5 Å². The number of amides is 3. The number of ether oxygens (including phenoxy) is 2. The van der Waals surface area contributed by atoms with E-state index in [1.807, 2.05) is 30.3 Å². The summed E-state index contributed by atoms with van der Waals surface area (Å²) in [6, 6.07) is 21.9. The number of benzene rings is 3. The van der Waals surface area contributed by atoms with Crippen molar-refractivity contribution in [2.45, 2.75) is 69.7 Å². The van der Waals surface area contributed by atoms with Crippen LogP contribution >= 0.6 is 0 Å². The highest BCUT2D eigenvalue weighted by Crippen LogP contribution is 2.32. The van der Waals surface area contributed by atoms with Crippen LogP contribution in [0.1, 0.15) is 60.9 Å². The van der Waals surface area contributed by atoms with Gasteiger partial charge in [-0.05, 0) is 61.2 Å². The monoisotopic (exact) mass is 596 g/mol. The number of hydrogen-bond donors (Lipinski definition) is 1. The van der Waals surface area contributed by atoms with Gasteiger partial charge >= 0.3 is 17.8 Å². The number of carbonyl (C=O) groups excluding carboxylic acids is 4. The summed E-state index contributed by atoms with van der Waals surface area (Å²) in [5.74, 6) is 4.73. The number of rotatable bonds is 5. The fourth-order valence-corrected chi connectivity index (χ4v) is 6.45. The largest absolute Gasteiger partial charge is 0.457 e. The molecule has 0 bridgehead atoms. The van der Waals surface area contributed by atoms with Crippen LogP contribution in [0.5, 0.6) is 11.5 Å². The minimum atomic E-state index is -1.02. The van der Waals surface area contributed by atoms with E-state index >= 15 is 0 Å². The van der Waals surface area contributed by atoms with Gasteiger partial charge in [0.2, 0.25) is 0 Å². The van der Waals surface area contributed by atoms with E-state index < -0.39 is 30.1 Å². The van der Waals surface area contributed by atoms with Crippen molar-refractivity contribution in [1.82, 2.24) is 9.80 Å². The molecule has 0 spiro atoms. The lowest BCUT2D eigenvalue weighted by Gasteiger charge is -2.39. The van der Waals surface area contributed by atoms with Crippen molar-refractivity contribution >= 4 is 29.4 Å². The summed E-state index contributed by atoms with van der Waals surface area (Å²) in [6.45, 7) is 0.266. The molecule has 44 heavy (non-hydrogen) atoms. The first-order valence-corrected chi connectivity index (χ1v) is 15.2. The van der Waals surface area contributed by atoms with E-state index in [1.165, 1.54) is 4.90 Å². The molecule has 1 saturated carbocycles. The fraction of sp³-hybridized carbons (Fsp3) is 0.353. The average Bonchev–Trinajstić information content (AvgIpc) is 3.52. The van der Waals surface area contributed by atoms with Gasteiger partial charge in [-0.1, -0.05) is 61.7 Å². The van der Waals surface area contributed by atoms with E-state index in [-0.39, 0.29) is 24.9 Å². The number of fused-ring (bicyclic) bond motifs is 2. The Hall–Kier alpha value is -4.70. The summed E-state index contributed by atoms with van der Waals surface area (Å²) >= 11 is 0. The first-order chi connectivity index (χ1) is 21.4. The molecule has 2 N–H and O–H groups in total. The number of hydrazine groups is 1. The highest BCUT2D eigenvalue weighted by molar-refractivity contribution is 6.40. The average molecular weight is 597 g/mol. The molecule has 1 aliphatic carbocycles. The second kappa shape index (κ2) is 12.9. The highest BCUT2D eigenvalue weighted by Gasteiger charge is 2.43. The summed E-state index contributed by atoms with van der Waals surface area (Å²) in [5, 5.41) is 0.844. The Bertz CT molecular complexity index is 1540. The lowest BCUT2D eigenvalue weighted by Crippen LogP contribution is -2.54. The number of carbonyl (C=O) groups is 4. The predicted octanol–water partition coefficient (Wildman–Crippen LogP) is 4.58. The van der Waals surface area contributed by atoms with E-state index in [0.717, 1.165) is 37.1 Å². The maximum atomic E-state index is 14.5. The zero-order valence-electron chi connectivity index (χ0n) is 24.5. The lowest BCUT2D eigenvalue weighted by molar-refractivity contribution is -0.168. The van der Waals surface area contributed by atoms with E-state index in [1.54, 1.807) is 53.4 Å². The third-order valence-electron chi connectivity index (χ3n) is 8.65. The summed E-state index contributed by atoms with van der Waals surface area (Å²) in [6.07, 6.45) is 4.51. The van der Waals surface area contributed by atoms with Crippen LogP contribution in [0.4, 0.5) is 5.69 Å². The maximum Gasteiger partial charge on any atom is 0.331 e. The minimum absolute atomic E-state index is 0.0549. The number of nitrogens with zero attached hydrogens (tertiary/aromatic N) is 3. The quantitative estimate of drug-likeness (QED) is 0.198. The summed E-state index contributed by atoms with van der Waals surface area (Å²) < 4.78 is 12.0. The van der Waals surface area contributed by atoms with Gasteiger partial charge in [0.15, 0.2) is 6.23 Å². The van der Waals surface area contributed by atoms with Gasteiger partial charge < -0.3 is 14.4 Å². The lowest BCUT2D eigenvalue weighted by atomic mass is 9.91. The normalized spacial score (nSPS) is 21.2. The molecule has 10 nitrogen and oxygen atoms in total. The molecule has 0 aromatic heterocycles. The Kier molecular flexibility index (Phi) is 8.60. The van der Waals surface area contributed by atoms with Crippen LogP contribution in [0.3, 0.4) is 0 Å². The molecular formula is C34H36N4O6. The van der Waals surface area contributed by atoms with Gasteiger partial charge in [0.1, 0.15) is 17.5 Å². The van der Waals surface area contributed by atoms with Crippen molar-refractivity contribution in [3.05, 3.63) is 90.0 Å². The second-order valence-electron chi connectivity index (χ2n) is 11.5. The number of esters is 1. The van der Waals surface area contributed by atoms with Crippen molar-refractivity contribution in [3.8, 4) is 11.5 Å². The fourth-order valence-electron chi connectivity index (χ4n) is 6.45. The van der Waals surface area contributed by atoms with Crippen LogP contribution < -0.4 is 15.6 Å². The smallest absolute Gasteiger partial charge is 0.331 e. The molecule has 2 atom stereocenters. The molecule has 0 radical (unpaired) electrons. The van der Waals surface area contributed by atoms with Gasteiger partial charge in [0.25, 0.3) is 5.91 Å². The molecular weight excluding hydrogens is 560 g/mol. The summed E-state index contributed by atoms with van der Waals surface area (Å²) in [5.41, 5.74) is 1.23. The molecule has 228 valence electrons. The molecule has 2 heterocycles. The third kappa shape index (κ3) is 6.03. The molecule has 3 aromatic carbocycles. The number of nitrogens with two attached hydrogens (primary N) is 1. The van der Waals surface area contributed by atoms with Crippen LogP contribution in [0, 0.1) is 0 Å². The van der Waals surface area contributed by atoms with Crippen molar-refractivity contribution in [1.29, 1.82) is 0 Å². The van der Waals surface area contributed by atoms with Crippen LogP contribution in [0.2, 0.25) is 0 Å². The molecule has 2 unspecified atom stereocenters. The van der Waals surface area contributed by atoms with Gasteiger partial charge in [0.05, 0.1) is 5.69 Å². The number of anilines is 1. The Morgan fingerprint density at radius 3 is 2.34 bits per heavy atom. The minimum Gasteiger partial charge on any atom is -0.457 e. The van der Waals surface area contributed by atoms with Crippen molar-refractivity contribution in [2.75, 3.05) is 11.6 Å². The van der Waals surface area contributed by atoms with Crippen molar-refractivity contribution in [2.24, 2.45) is 5.84 Å². The third-order valence-corrected chi connectivity index (χ3v) is 8.65. The van der Waals surface area contributed by atoms with E-state index in [9.17, 15) is 19.2 Å². The van der Waals surface area contributed by atoms with Crippen LogP contribution in [-0.4, -0.2) is 58.3 Å². The van der Waals surface area contributed by atoms with E-state index in [2.05, 4.69) is 0 Å². The molecule has 10 heteroatoms. The van der Waals surface area contributed by atoms with Gasteiger partial charge in [-0.25, -0.2) is 15.6 Å². The molecule has 2 aliphatic heterocycles. The van der Waals surface area contributed by atoms with E-state index in [0.29, 0.717) is 41.2 Å². The first kappa shape index (κ1) is 29.4. The van der Waals surface area contributed by atoms with Gasteiger partial charge in [-0.3, -0.25) is 19.3 Å². The van der Waals surface area contributed by atoms with Gasteiger partial charge in [-0.15, -0.1) is 0 Å². The predicted molar refractivity (Wildman–Crippen MR) is 162 cm³/mol. The molecule has 3 amide bonds. The highest BCUT2D eigenvalue weighted by atomic mass is 16.6. The SMILES string of the molecule is NN1C(=O)C(=O)N2CCCC2OC(=O)C(N(C(=O)c2cccc(Oc3ccccc3)c2)C2CCCCC2)Cc2ccccc21. The Morgan fingerprint density at radius 1 is 0.818 bits per heavy atom. The molecule has 3 aliphatic rings. The Morgan fingerprint density at radius 2 is 1.55 bits per heavy atom. The standard InChI is InChI=1S/C34H36N4O6/c35-38-28-18-8-7-11-23(28)22-29(34(42)44-30-19-10-20-36(30)32(40)33(38)41)37(25-13-3-1-4-14-25)31(39)24-12-9-17-27(21-24)43-26-15-5-2-6-16-26/h2,5-9,11-12,15-18,21,25,29-30H,1,3-4,10,13-14,19-20,22,35H2. The number of hydrogen-bond acceptors (Lipinski definition) is 7. The van der Waals surface area contributed by atoms with Crippen molar-refractivity contribution in [3.63, 3.8) is 0 Å². The molecule has 6 rings (SSSR count). The topological polar surface area (TPSA) is 122 Å². The number of para-hydroxylation sites is 2. The summed E-state index contributed by atoms with van der Waals surface area (Å²) in [7, 11) is 0. The van der Waals surface area contributed by atoms with Crippen LogP contribution in [0.15, 0.2) is 78.9 Å². The van der Waals surface area contributed by atoms with Crippen molar-refractivity contribution < 1.29 is 28.7 Å². The summed E-state index contributed by atoms with van der Waals surface area (Å²) in [4.78, 5) is 58.0. The van der Waals surface area contributed by atoms with Gasteiger partial charge in [-0.2, -0.15) is 0 Å².